The average Bonchev–Trinajstić information content (AvgIpc) is 2.89. The monoisotopic (exact) mass is 382 g/mol. The first-order chi connectivity index (χ1) is 13.6. The Hall–Kier alpha value is -3.75. The highest BCUT2D eigenvalue weighted by Gasteiger charge is 2.14. The van der Waals surface area contributed by atoms with E-state index in [0.29, 0.717) is 47.1 Å². The maximum Gasteiger partial charge on any atom is 0.409 e. The minimum Gasteiger partial charge on any atom is -0.490 e. The summed E-state index contributed by atoms with van der Waals surface area (Å²) in [5.74, 6) is 1.49. The summed E-state index contributed by atoms with van der Waals surface area (Å²) in [5.41, 5.74) is 1.82. The van der Waals surface area contributed by atoms with Crippen molar-refractivity contribution in [3.8, 4) is 11.5 Å². The van der Waals surface area contributed by atoms with Crippen LogP contribution in [0.5, 0.6) is 11.5 Å². The van der Waals surface area contributed by atoms with Gasteiger partial charge in [0.05, 0.1) is 25.2 Å². The first-order valence-corrected chi connectivity index (χ1v) is 8.75. The second kappa shape index (κ2) is 7.47. The minimum atomic E-state index is -1.15. The number of aromatic nitrogens is 2. The van der Waals surface area contributed by atoms with E-state index in [-0.39, 0.29) is 12.3 Å². The molecule has 0 atom stereocenters. The van der Waals surface area contributed by atoms with Gasteiger partial charge in [0.15, 0.2) is 17.3 Å². The summed E-state index contributed by atoms with van der Waals surface area (Å²) in [6, 6.07) is 10.4. The molecule has 3 aromatic rings. The molecule has 4 N–H and O–H groups in total. The summed E-state index contributed by atoms with van der Waals surface area (Å²) >= 11 is 0. The Bertz CT molecular complexity index is 1050. The van der Waals surface area contributed by atoms with Crippen molar-refractivity contribution >= 4 is 34.4 Å². The number of carboxylic acid groups (broad SMARTS) is 1. The first kappa shape index (κ1) is 17.7. The van der Waals surface area contributed by atoms with Crippen LogP contribution in [0.2, 0.25) is 0 Å². The molecule has 0 unspecified atom stereocenters. The predicted octanol–water partition coefficient (Wildman–Crippen LogP) is 3.00. The van der Waals surface area contributed by atoms with Crippen molar-refractivity contribution in [1.29, 1.82) is 0 Å². The number of carbonyl (C=O) groups excluding carboxylic acids is 1. The summed E-state index contributed by atoms with van der Waals surface area (Å²) in [7, 11) is 0. The zero-order valence-corrected chi connectivity index (χ0v) is 14.8. The van der Waals surface area contributed by atoms with Gasteiger partial charge >= 0.3 is 6.09 Å². The number of fused-ring (bicyclic) bond motifs is 2. The third-order valence-corrected chi connectivity index (χ3v) is 4.25. The highest BCUT2D eigenvalue weighted by atomic mass is 16.5. The van der Waals surface area contributed by atoms with E-state index in [1.165, 1.54) is 0 Å². The quantitative estimate of drug-likeness (QED) is 0.550. The van der Waals surface area contributed by atoms with Crippen LogP contribution < -0.4 is 20.1 Å². The van der Waals surface area contributed by atoms with Crippen LogP contribution in [0.3, 0.4) is 0 Å². The molecule has 9 heteroatoms. The molecule has 1 aliphatic heterocycles. The Morgan fingerprint density at radius 2 is 1.89 bits per heavy atom. The topological polar surface area (TPSA) is 126 Å². The van der Waals surface area contributed by atoms with Crippen LogP contribution in [0.25, 0.3) is 10.9 Å². The van der Waals surface area contributed by atoms with Crippen molar-refractivity contribution in [3.05, 3.63) is 42.0 Å². The highest BCUT2D eigenvalue weighted by molar-refractivity contribution is 6.01. The van der Waals surface area contributed by atoms with Crippen molar-refractivity contribution in [2.45, 2.75) is 12.8 Å². The van der Waals surface area contributed by atoms with Crippen LogP contribution in [0.15, 0.2) is 36.4 Å². The van der Waals surface area contributed by atoms with Gasteiger partial charge in [-0.3, -0.25) is 15.2 Å². The van der Waals surface area contributed by atoms with Crippen molar-refractivity contribution < 1.29 is 24.2 Å². The molecule has 2 heterocycles. The van der Waals surface area contributed by atoms with Crippen molar-refractivity contribution in [1.82, 2.24) is 10.2 Å². The fourth-order valence-corrected chi connectivity index (χ4v) is 3.00. The van der Waals surface area contributed by atoms with Crippen molar-refractivity contribution in [3.63, 3.8) is 0 Å². The molecular formula is C19H18N4O5. The molecule has 2 aromatic carbocycles. The maximum atomic E-state index is 12.4. The van der Waals surface area contributed by atoms with Crippen LogP contribution in [-0.4, -0.2) is 40.5 Å². The lowest BCUT2D eigenvalue weighted by molar-refractivity contribution is -0.115. The van der Waals surface area contributed by atoms with Gasteiger partial charge < -0.3 is 19.9 Å². The average molecular weight is 382 g/mol. The third-order valence-electron chi connectivity index (χ3n) is 4.25. The molecule has 0 fully saturated rings. The van der Waals surface area contributed by atoms with Gasteiger partial charge in [-0.05, 0) is 35.9 Å². The molecule has 0 spiro atoms. The summed E-state index contributed by atoms with van der Waals surface area (Å²) < 4.78 is 11.2. The molecule has 144 valence electrons. The lowest BCUT2D eigenvalue weighted by Crippen LogP contribution is -2.15. The molecule has 28 heavy (non-hydrogen) atoms. The van der Waals surface area contributed by atoms with Crippen molar-refractivity contribution in [2.24, 2.45) is 0 Å². The largest absolute Gasteiger partial charge is 0.490 e. The van der Waals surface area contributed by atoms with E-state index in [1.54, 1.807) is 18.2 Å². The van der Waals surface area contributed by atoms with E-state index < -0.39 is 6.09 Å². The zero-order valence-electron chi connectivity index (χ0n) is 14.8. The van der Waals surface area contributed by atoms with E-state index in [0.717, 1.165) is 12.0 Å². The fourth-order valence-electron chi connectivity index (χ4n) is 3.00. The molecule has 9 nitrogen and oxygen atoms in total. The number of H-pyrrole nitrogens is 1. The number of amides is 2. The van der Waals surface area contributed by atoms with E-state index in [2.05, 4.69) is 20.8 Å². The predicted molar refractivity (Wildman–Crippen MR) is 102 cm³/mol. The Morgan fingerprint density at radius 3 is 2.71 bits per heavy atom. The van der Waals surface area contributed by atoms with Crippen LogP contribution in [0.1, 0.15) is 12.0 Å². The molecule has 0 saturated carbocycles. The van der Waals surface area contributed by atoms with Gasteiger partial charge in [-0.2, -0.15) is 5.10 Å². The summed E-state index contributed by atoms with van der Waals surface area (Å²) in [6.45, 7) is 1.20. The summed E-state index contributed by atoms with van der Waals surface area (Å²) in [6.07, 6.45) is -0.174. The van der Waals surface area contributed by atoms with E-state index in [4.69, 9.17) is 14.6 Å². The third kappa shape index (κ3) is 3.83. The number of nitrogens with one attached hydrogen (secondary N) is 3. The lowest BCUT2D eigenvalue weighted by atomic mass is 10.1. The van der Waals surface area contributed by atoms with Crippen LogP contribution >= 0.6 is 0 Å². The Morgan fingerprint density at radius 1 is 1.07 bits per heavy atom. The molecule has 0 aliphatic carbocycles. The first-order valence-electron chi connectivity index (χ1n) is 8.75. The minimum absolute atomic E-state index is 0.156. The number of benzene rings is 2. The molecule has 0 saturated heterocycles. The van der Waals surface area contributed by atoms with Crippen LogP contribution in [0.4, 0.5) is 16.3 Å². The van der Waals surface area contributed by atoms with Gasteiger partial charge in [0.25, 0.3) is 0 Å². The van der Waals surface area contributed by atoms with Gasteiger partial charge in [-0.25, -0.2) is 4.79 Å². The highest BCUT2D eigenvalue weighted by Crippen LogP contribution is 2.30. The number of hydrogen-bond acceptors (Lipinski definition) is 5. The lowest BCUT2D eigenvalue weighted by Gasteiger charge is -2.09. The number of nitrogens with zero attached hydrogens (tertiary/aromatic N) is 1. The summed E-state index contributed by atoms with van der Waals surface area (Å²) in [5, 5.41) is 21.4. The zero-order chi connectivity index (χ0) is 19.5. The number of ether oxygens (including phenoxy) is 2. The van der Waals surface area contributed by atoms with Crippen LogP contribution in [0, 0.1) is 0 Å². The Labute approximate surface area is 159 Å². The number of carbonyl (C=O) groups is 2. The van der Waals surface area contributed by atoms with Crippen LogP contribution in [-0.2, 0) is 11.2 Å². The second-order valence-electron chi connectivity index (χ2n) is 6.32. The molecule has 1 aliphatic rings. The smallest absolute Gasteiger partial charge is 0.409 e. The van der Waals surface area contributed by atoms with E-state index >= 15 is 0 Å². The number of hydrogen-bond donors (Lipinski definition) is 4. The maximum absolute atomic E-state index is 12.4. The molecule has 1 aromatic heterocycles. The molecule has 4 rings (SSSR count). The van der Waals surface area contributed by atoms with Gasteiger partial charge in [0.2, 0.25) is 5.91 Å². The van der Waals surface area contributed by atoms with Gasteiger partial charge in [0.1, 0.15) is 0 Å². The van der Waals surface area contributed by atoms with Gasteiger partial charge in [-0.1, -0.05) is 6.07 Å². The number of rotatable bonds is 4. The molecule has 0 bridgehead atoms. The van der Waals surface area contributed by atoms with Gasteiger partial charge in [-0.15, -0.1) is 0 Å². The SMILES string of the molecule is O=C(O)Nc1ccc2c(NC(=O)Cc3ccc4c(c3)OCCCO4)n[nH]c2c1. The molecular weight excluding hydrogens is 364 g/mol. The van der Waals surface area contributed by atoms with E-state index in [1.807, 2.05) is 18.2 Å². The van der Waals surface area contributed by atoms with Crippen molar-refractivity contribution in [2.75, 3.05) is 23.8 Å². The number of anilines is 2. The Balaban J connectivity index is 1.46. The fraction of sp³-hybridized carbons (Fsp3) is 0.211. The van der Waals surface area contributed by atoms with Gasteiger partial charge in [0, 0.05) is 17.5 Å². The summed E-state index contributed by atoms with van der Waals surface area (Å²) in [4.78, 5) is 23.2. The normalized spacial score (nSPS) is 13.0. The van der Waals surface area contributed by atoms with E-state index in [9.17, 15) is 9.59 Å². The standard InChI is InChI=1S/C19H18N4O5/c24-17(9-11-2-5-15-16(8-11)28-7-1-6-27-15)21-18-13-4-3-12(20-19(25)26)10-14(13)22-23-18/h2-5,8,10,20H,1,6-7,9H2,(H,25,26)(H2,21,22,23,24). The second-order valence-corrected chi connectivity index (χ2v) is 6.32. The molecule has 2 amide bonds. The number of aromatic amines is 1. The molecule has 0 radical (unpaired) electrons. The Kier molecular flexibility index (Phi) is 4.71.